The average Bonchev–Trinajstić information content (AvgIpc) is 3.24. The topological polar surface area (TPSA) is 88.6 Å². The van der Waals surface area contributed by atoms with Gasteiger partial charge in [-0.25, -0.2) is 18.1 Å². The van der Waals surface area contributed by atoms with Crippen molar-refractivity contribution >= 4 is 33.0 Å². The molecule has 1 N–H and O–H groups in total. The molecule has 1 aromatic carbocycles. The number of nitrogens with zero attached hydrogens (tertiary/aromatic N) is 2. The third-order valence-electron chi connectivity index (χ3n) is 3.72. The Morgan fingerprint density at radius 3 is 2.88 bits per heavy atom. The lowest BCUT2D eigenvalue weighted by molar-refractivity contribution is -0.117. The van der Waals surface area contributed by atoms with Crippen LogP contribution in [-0.4, -0.2) is 33.0 Å². The molecule has 128 valence electrons. The van der Waals surface area contributed by atoms with Crippen LogP contribution >= 0.6 is 11.3 Å². The lowest BCUT2D eigenvalue weighted by Crippen LogP contribution is -2.26. The Hall–Kier alpha value is -1.97. The highest BCUT2D eigenvalue weighted by Crippen LogP contribution is 2.31. The van der Waals surface area contributed by atoms with Gasteiger partial charge < -0.3 is 9.64 Å². The smallest absolute Gasteiger partial charge is 0.244 e. The molecule has 2 aromatic rings. The molecule has 24 heavy (non-hydrogen) atoms. The normalized spacial score (nSPS) is 15.0. The summed E-state index contributed by atoms with van der Waals surface area (Å²) in [5.41, 5.74) is 0.563. The standard InChI is InChI=1S/C15H17N3O4S2/c1-22-12-5-4-11(18-7-2-3-15(18)19)9-13(12)24(20,21)17-10-14-16-6-8-23-14/h4-6,8-9,17H,2-3,7,10H2,1H3. The molecule has 1 aliphatic rings. The number of ether oxygens (including phenoxy) is 1. The van der Waals surface area contributed by atoms with E-state index in [-0.39, 0.29) is 23.1 Å². The van der Waals surface area contributed by atoms with Crippen LogP contribution < -0.4 is 14.4 Å². The summed E-state index contributed by atoms with van der Waals surface area (Å²) in [6.45, 7) is 0.702. The largest absolute Gasteiger partial charge is 0.495 e. The molecule has 1 aliphatic heterocycles. The second kappa shape index (κ2) is 6.88. The Morgan fingerprint density at radius 1 is 1.42 bits per heavy atom. The fourth-order valence-electron chi connectivity index (χ4n) is 2.54. The van der Waals surface area contributed by atoms with Crippen LogP contribution in [0.25, 0.3) is 0 Å². The maximum Gasteiger partial charge on any atom is 0.244 e. The highest BCUT2D eigenvalue weighted by Gasteiger charge is 2.26. The summed E-state index contributed by atoms with van der Waals surface area (Å²) in [5.74, 6) is 0.233. The molecule has 1 saturated heterocycles. The van der Waals surface area contributed by atoms with E-state index in [1.807, 2.05) is 0 Å². The Kier molecular flexibility index (Phi) is 4.83. The predicted molar refractivity (Wildman–Crippen MR) is 90.7 cm³/mol. The highest BCUT2D eigenvalue weighted by atomic mass is 32.2. The molecule has 0 bridgehead atoms. The summed E-state index contributed by atoms with van der Waals surface area (Å²) in [7, 11) is -2.38. The maximum atomic E-state index is 12.6. The Labute approximate surface area is 144 Å². The Bertz CT molecular complexity index is 834. The van der Waals surface area contributed by atoms with Gasteiger partial charge in [-0.1, -0.05) is 0 Å². The predicted octanol–water partition coefficient (Wildman–Crippen LogP) is 1.76. The summed E-state index contributed by atoms with van der Waals surface area (Å²) in [4.78, 5) is 17.6. The van der Waals surface area contributed by atoms with Crippen LogP contribution in [0.1, 0.15) is 17.8 Å². The number of nitrogens with one attached hydrogen (secondary N) is 1. The zero-order valence-corrected chi connectivity index (χ0v) is 14.7. The number of methoxy groups -OCH3 is 1. The summed E-state index contributed by atoms with van der Waals surface area (Å²) >= 11 is 1.37. The van der Waals surface area contributed by atoms with Gasteiger partial charge in [-0.05, 0) is 24.6 Å². The molecular formula is C15H17N3O4S2. The van der Waals surface area contributed by atoms with Crippen molar-refractivity contribution in [2.45, 2.75) is 24.3 Å². The Balaban J connectivity index is 1.90. The van der Waals surface area contributed by atoms with Crippen LogP contribution in [0, 0.1) is 0 Å². The lowest BCUT2D eigenvalue weighted by atomic mass is 10.3. The van der Waals surface area contributed by atoms with Crippen molar-refractivity contribution in [1.29, 1.82) is 0 Å². The fourth-order valence-corrected chi connectivity index (χ4v) is 4.36. The van der Waals surface area contributed by atoms with Crippen LogP contribution in [-0.2, 0) is 21.4 Å². The number of amides is 1. The van der Waals surface area contributed by atoms with E-state index in [4.69, 9.17) is 4.74 Å². The van der Waals surface area contributed by atoms with E-state index in [1.165, 1.54) is 24.5 Å². The average molecular weight is 367 g/mol. The molecule has 9 heteroatoms. The van der Waals surface area contributed by atoms with Crippen molar-refractivity contribution in [3.63, 3.8) is 0 Å². The molecule has 3 rings (SSSR count). The molecule has 0 atom stereocenters. The van der Waals surface area contributed by atoms with E-state index in [2.05, 4.69) is 9.71 Å². The Morgan fingerprint density at radius 2 is 2.25 bits per heavy atom. The minimum atomic E-state index is -3.79. The monoisotopic (exact) mass is 367 g/mol. The fraction of sp³-hybridized carbons (Fsp3) is 0.333. The van der Waals surface area contributed by atoms with Gasteiger partial charge in [0.25, 0.3) is 0 Å². The number of sulfonamides is 1. The molecule has 1 aromatic heterocycles. The zero-order valence-electron chi connectivity index (χ0n) is 13.1. The first kappa shape index (κ1) is 16.9. The summed E-state index contributed by atoms with van der Waals surface area (Å²) in [6, 6.07) is 4.74. The van der Waals surface area contributed by atoms with Crippen LogP contribution in [0.4, 0.5) is 5.69 Å². The van der Waals surface area contributed by atoms with Gasteiger partial charge in [0.2, 0.25) is 15.9 Å². The van der Waals surface area contributed by atoms with Gasteiger partial charge in [-0.2, -0.15) is 0 Å². The lowest BCUT2D eigenvalue weighted by Gasteiger charge is -2.18. The molecule has 1 fully saturated rings. The second-order valence-corrected chi connectivity index (χ2v) is 7.95. The van der Waals surface area contributed by atoms with E-state index < -0.39 is 10.0 Å². The summed E-state index contributed by atoms with van der Waals surface area (Å²) in [6.07, 6.45) is 2.88. The van der Waals surface area contributed by atoms with Gasteiger partial charge in [0, 0.05) is 30.2 Å². The number of anilines is 1. The number of hydrogen-bond donors (Lipinski definition) is 1. The SMILES string of the molecule is COc1ccc(N2CCCC2=O)cc1S(=O)(=O)NCc1nccs1. The molecule has 0 aliphatic carbocycles. The molecule has 0 spiro atoms. The molecule has 7 nitrogen and oxygen atoms in total. The molecule has 1 amide bonds. The highest BCUT2D eigenvalue weighted by molar-refractivity contribution is 7.89. The minimum Gasteiger partial charge on any atom is -0.495 e. The zero-order chi connectivity index (χ0) is 17.2. The first-order chi connectivity index (χ1) is 11.5. The van der Waals surface area contributed by atoms with Gasteiger partial charge in [-0.15, -0.1) is 11.3 Å². The molecule has 0 radical (unpaired) electrons. The molecular weight excluding hydrogens is 350 g/mol. The van der Waals surface area contributed by atoms with Gasteiger partial charge in [0.05, 0.1) is 13.7 Å². The first-order valence-corrected chi connectivity index (χ1v) is 9.74. The summed E-state index contributed by atoms with van der Waals surface area (Å²) < 4.78 is 33.0. The summed E-state index contributed by atoms with van der Waals surface area (Å²) in [5, 5.41) is 2.45. The number of carbonyl (C=O) groups excluding carboxylic acids is 1. The first-order valence-electron chi connectivity index (χ1n) is 7.38. The quantitative estimate of drug-likeness (QED) is 0.840. The van der Waals surface area contributed by atoms with Crippen molar-refractivity contribution in [1.82, 2.24) is 9.71 Å². The third kappa shape index (κ3) is 3.42. The van der Waals surface area contributed by atoms with Crippen molar-refractivity contribution in [3.05, 3.63) is 34.8 Å². The molecule has 0 saturated carbocycles. The van der Waals surface area contributed by atoms with Gasteiger partial charge in [-0.3, -0.25) is 4.79 Å². The van der Waals surface area contributed by atoms with Crippen LogP contribution in [0.15, 0.2) is 34.7 Å². The van der Waals surface area contributed by atoms with E-state index in [0.29, 0.717) is 23.7 Å². The van der Waals surface area contributed by atoms with Crippen molar-refractivity contribution < 1.29 is 17.9 Å². The number of hydrogen-bond acceptors (Lipinski definition) is 6. The van der Waals surface area contributed by atoms with Crippen molar-refractivity contribution in [2.24, 2.45) is 0 Å². The minimum absolute atomic E-state index is 0.000686. The number of rotatable bonds is 6. The number of benzene rings is 1. The number of aromatic nitrogens is 1. The van der Waals surface area contributed by atoms with E-state index in [1.54, 1.807) is 28.6 Å². The van der Waals surface area contributed by atoms with E-state index in [9.17, 15) is 13.2 Å². The van der Waals surface area contributed by atoms with Gasteiger partial charge in [0.1, 0.15) is 15.7 Å². The van der Waals surface area contributed by atoms with Gasteiger partial charge >= 0.3 is 0 Å². The third-order valence-corrected chi connectivity index (χ3v) is 5.92. The van der Waals surface area contributed by atoms with Crippen LogP contribution in [0.5, 0.6) is 5.75 Å². The van der Waals surface area contributed by atoms with E-state index in [0.717, 1.165) is 6.42 Å². The molecule has 2 heterocycles. The van der Waals surface area contributed by atoms with Crippen molar-refractivity contribution in [3.8, 4) is 5.75 Å². The van der Waals surface area contributed by atoms with Crippen LogP contribution in [0.2, 0.25) is 0 Å². The van der Waals surface area contributed by atoms with Crippen LogP contribution in [0.3, 0.4) is 0 Å². The second-order valence-electron chi connectivity index (χ2n) is 5.23. The van der Waals surface area contributed by atoms with Crippen molar-refractivity contribution in [2.75, 3.05) is 18.6 Å². The number of thiazole rings is 1. The molecule has 0 unspecified atom stereocenters. The van der Waals surface area contributed by atoms with E-state index >= 15 is 0 Å². The number of carbonyl (C=O) groups is 1. The maximum absolute atomic E-state index is 12.6. The van der Waals surface area contributed by atoms with Gasteiger partial charge in [0.15, 0.2) is 0 Å².